The molecule has 0 unspecified atom stereocenters. The molecule has 1 saturated heterocycles. The summed E-state index contributed by atoms with van der Waals surface area (Å²) in [5.74, 6) is 0.762. The number of hydrogen-bond acceptors (Lipinski definition) is 0. The minimum Gasteiger partial charge on any atom is -1.00 e. The molecule has 0 bridgehead atoms. The Labute approximate surface area is 134 Å². The van der Waals surface area contributed by atoms with Crippen molar-refractivity contribution in [3.05, 3.63) is 71.8 Å². The van der Waals surface area contributed by atoms with Crippen LogP contribution >= 0.6 is 0 Å². The number of nitrogens with zero attached hydrogens (tertiary/aromatic N) is 1. The normalized spacial score (nSPS) is 25.1. The minimum atomic E-state index is 0. The molecule has 0 spiro atoms. The lowest BCUT2D eigenvalue weighted by Gasteiger charge is -2.41. The van der Waals surface area contributed by atoms with E-state index in [1.807, 2.05) is 0 Å². The maximum Gasteiger partial charge on any atom is 0.104 e. The number of likely N-dealkylation sites (tertiary alicyclic amines) is 1. The first-order valence-electron chi connectivity index (χ1n) is 7.68. The molecule has 1 nitrogen and oxygen atoms in total. The van der Waals surface area contributed by atoms with E-state index in [1.54, 1.807) is 0 Å². The quantitative estimate of drug-likeness (QED) is 0.748. The van der Waals surface area contributed by atoms with Gasteiger partial charge in [0, 0.05) is 18.4 Å². The maximum absolute atomic E-state index is 2.41. The number of hydrogen-bond donors (Lipinski definition) is 0. The van der Waals surface area contributed by atoms with E-state index >= 15 is 0 Å². The lowest BCUT2D eigenvalue weighted by atomic mass is 9.88. The summed E-state index contributed by atoms with van der Waals surface area (Å²) in [6.07, 6.45) is 2.63. The molecule has 2 aromatic rings. The van der Waals surface area contributed by atoms with Crippen LogP contribution < -0.4 is 12.4 Å². The zero-order valence-corrected chi connectivity index (χ0v) is 13.5. The first-order valence-corrected chi connectivity index (χ1v) is 7.68. The van der Waals surface area contributed by atoms with E-state index in [2.05, 4.69) is 67.7 Å². The van der Waals surface area contributed by atoms with E-state index in [0.717, 1.165) is 5.92 Å². The molecule has 21 heavy (non-hydrogen) atoms. The molecule has 0 aliphatic carbocycles. The van der Waals surface area contributed by atoms with Gasteiger partial charge in [-0.15, -0.1) is 0 Å². The Morgan fingerprint density at radius 1 is 0.857 bits per heavy atom. The zero-order valence-electron chi connectivity index (χ0n) is 12.7. The van der Waals surface area contributed by atoms with Crippen molar-refractivity contribution in [1.82, 2.24) is 0 Å². The molecule has 0 radical (unpaired) electrons. The minimum absolute atomic E-state index is 0. The third kappa shape index (κ3) is 4.09. The van der Waals surface area contributed by atoms with Crippen LogP contribution in [0.25, 0.3) is 0 Å². The first-order chi connectivity index (χ1) is 9.75. The number of quaternary nitrogens is 1. The number of halogens is 1. The van der Waals surface area contributed by atoms with Crippen molar-refractivity contribution < 1.29 is 16.9 Å². The molecule has 0 amide bonds. The summed E-state index contributed by atoms with van der Waals surface area (Å²) in [6, 6.07) is 21.9. The van der Waals surface area contributed by atoms with E-state index in [0.29, 0.717) is 0 Å². The Morgan fingerprint density at radius 3 is 1.95 bits per heavy atom. The molecule has 0 N–H and O–H groups in total. The highest BCUT2D eigenvalue weighted by molar-refractivity contribution is 5.19. The van der Waals surface area contributed by atoms with Gasteiger partial charge in [-0.05, 0) is 11.5 Å². The number of piperidine rings is 1. The predicted octanol–water partition coefficient (Wildman–Crippen LogP) is 1.21. The Bertz CT molecular complexity index is 530. The third-order valence-electron chi connectivity index (χ3n) is 4.71. The summed E-state index contributed by atoms with van der Waals surface area (Å²) < 4.78 is 1.19. The average molecular weight is 302 g/mol. The van der Waals surface area contributed by atoms with E-state index in [-0.39, 0.29) is 12.4 Å². The standard InChI is InChI=1S/C19H24N.ClH/c1-20(16-17-8-4-2-5-9-17)14-12-19(13-15-20)18-10-6-3-7-11-18;/h2-11,19H,12-16H2,1H3;1H/q+1;/p-1. The Kier molecular flexibility index (Phi) is 5.44. The van der Waals surface area contributed by atoms with Crippen LogP contribution in [0.5, 0.6) is 0 Å². The fourth-order valence-corrected chi connectivity index (χ4v) is 3.43. The predicted molar refractivity (Wildman–Crippen MR) is 84.5 cm³/mol. The monoisotopic (exact) mass is 301 g/mol. The van der Waals surface area contributed by atoms with Crippen molar-refractivity contribution in [2.45, 2.75) is 25.3 Å². The first kappa shape index (κ1) is 16.1. The van der Waals surface area contributed by atoms with E-state index < -0.39 is 0 Å². The van der Waals surface area contributed by atoms with E-state index in [9.17, 15) is 0 Å². The average Bonchev–Trinajstić information content (AvgIpc) is 2.50. The van der Waals surface area contributed by atoms with Crippen LogP contribution in [0, 0.1) is 0 Å². The highest BCUT2D eigenvalue weighted by Gasteiger charge is 2.30. The summed E-state index contributed by atoms with van der Waals surface area (Å²) >= 11 is 0. The fraction of sp³-hybridized carbons (Fsp3) is 0.368. The largest absolute Gasteiger partial charge is 1.00 e. The summed E-state index contributed by atoms with van der Waals surface area (Å²) in [6.45, 7) is 3.74. The molecule has 1 heterocycles. The van der Waals surface area contributed by atoms with Gasteiger partial charge in [0.25, 0.3) is 0 Å². The second-order valence-electron chi connectivity index (χ2n) is 6.40. The fourth-order valence-electron chi connectivity index (χ4n) is 3.43. The van der Waals surface area contributed by atoms with Gasteiger partial charge in [-0.2, -0.15) is 0 Å². The Morgan fingerprint density at radius 2 is 1.38 bits per heavy atom. The van der Waals surface area contributed by atoms with Crippen molar-refractivity contribution in [3.8, 4) is 0 Å². The highest BCUT2D eigenvalue weighted by Crippen LogP contribution is 2.31. The lowest BCUT2D eigenvalue weighted by Crippen LogP contribution is -3.00. The van der Waals surface area contributed by atoms with Crippen LogP contribution in [-0.2, 0) is 6.54 Å². The molecule has 2 aromatic carbocycles. The second kappa shape index (κ2) is 7.11. The number of rotatable bonds is 3. The van der Waals surface area contributed by atoms with Crippen molar-refractivity contribution >= 4 is 0 Å². The van der Waals surface area contributed by atoms with Crippen LogP contribution in [0.3, 0.4) is 0 Å². The van der Waals surface area contributed by atoms with Crippen molar-refractivity contribution in [3.63, 3.8) is 0 Å². The Hall–Kier alpha value is -1.31. The topological polar surface area (TPSA) is 0 Å². The summed E-state index contributed by atoms with van der Waals surface area (Å²) in [7, 11) is 2.41. The van der Waals surface area contributed by atoms with Gasteiger partial charge in [-0.1, -0.05) is 60.7 Å². The van der Waals surface area contributed by atoms with Gasteiger partial charge >= 0.3 is 0 Å². The molecule has 0 atom stereocenters. The summed E-state index contributed by atoms with van der Waals surface area (Å²) in [5.41, 5.74) is 2.99. The highest BCUT2D eigenvalue weighted by atomic mass is 35.5. The van der Waals surface area contributed by atoms with Crippen molar-refractivity contribution in [2.24, 2.45) is 0 Å². The molecular formula is C19H24ClN. The Balaban J connectivity index is 0.00000161. The van der Waals surface area contributed by atoms with Gasteiger partial charge in [0.2, 0.25) is 0 Å². The molecule has 0 aromatic heterocycles. The van der Waals surface area contributed by atoms with Gasteiger partial charge in [-0.3, -0.25) is 0 Å². The molecule has 0 saturated carbocycles. The van der Waals surface area contributed by atoms with Gasteiger partial charge in [0.1, 0.15) is 6.54 Å². The smallest absolute Gasteiger partial charge is 0.104 e. The SMILES string of the molecule is C[N+]1(Cc2ccccc2)CCC(c2ccccc2)CC1.[Cl-]. The third-order valence-corrected chi connectivity index (χ3v) is 4.71. The van der Waals surface area contributed by atoms with Crippen molar-refractivity contribution in [1.29, 1.82) is 0 Å². The molecule has 1 fully saturated rings. The summed E-state index contributed by atoms with van der Waals surface area (Å²) in [4.78, 5) is 0. The van der Waals surface area contributed by atoms with Crippen LogP contribution in [0.2, 0.25) is 0 Å². The van der Waals surface area contributed by atoms with Crippen molar-refractivity contribution in [2.75, 3.05) is 20.1 Å². The van der Waals surface area contributed by atoms with Gasteiger partial charge in [0.15, 0.2) is 0 Å². The molecule has 1 aliphatic heterocycles. The summed E-state index contributed by atoms with van der Waals surface area (Å²) in [5, 5.41) is 0. The van der Waals surface area contributed by atoms with Gasteiger partial charge in [0.05, 0.1) is 20.1 Å². The zero-order chi connectivity index (χ0) is 13.8. The second-order valence-corrected chi connectivity index (χ2v) is 6.40. The molecule has 1 aliphatic rings. The van der Waals surface area contributed by atoms with Crippen LogP contribution in [-0.4, -0.2) is 24.6 Å². The maximum atomic E-state index is 2.41. The molecular weight excluding hydrogens is 278 g/mol. The van der Waals surface area contributed by atoms with Crippen LogP contribution in [0.15, 0.2) is 60.7 Å². The number of benzene rings is 2. The van der Waals surface area contributed by atoms with Crippen LogP contribution in [0.1, 0.15) is 29.9 Å². The molecule has 3 rings (SSSR count). The van der Waals surface area contributed by atoms with Crippen LogP contribution in [0.4, 0.5) is 0 Å². The molecule has 112 valence electrons. The van der Waals surface area contributed by atoms with E-state index in [4.69, 9.17) is 0 Å². The molecule has 2 heteroatoms. The van der Waals surface area contributed by atoms with Gasteiger partial charge < -0.3 is 16.9 Å². The van der Waals surface area contributed by atoms with Gasteiger partial charge in [-0.25, -0.2) is 0 Å². The van der Waals surface area contributed by atoms with E-state index in [1.165, 1.54) is 48.1 Å². The lowest BCUT2D eigenvalue weighted by molar-refractivity contribution is -0.927.